The summed E-state index contributed by atoms with van der Waals surface area (Å²) in [6.07, 6.45) is 0. The van der Waals surface area contributed by atoms with Crippen molar-refractivity contribution in [3.63, 3.8) is 0 Å². The van der Waals surface area contributed by atoms with E-state index in [1.54, 1.807) is 18.2 Å². The average molecular weight is 309 g/mol. The maximum Gasteiger partial charge on any atom is 0.235 e. The molecule has 0 aliphatic heterocycles. The lowest BCUT2D eigenvalue weighted by atomic mass is 10.2. The molecule has 108 valence electrons. The van der Waals surface area contributed by atoms with Crippen LogP contribution in [0.4, 0.5) is 5.69 Å². The standard InChI is InChI=1S/C16H11N3O2S/c17-10-22-9-15(20)18-12-6-7-14-13(8-12)19-16(21-14)11-4-2-1-3-5-11/h1-8H,9H2,(H,18,20). The third-order valence-electron chi connectivity index (χ3n) is 2.96. The second-order valence-electron chi connectivity index (χ2n) is 4.50. The number of benzene rings is 2. The van der Waals surface area contributed by atoms with E-state index in [4.69, 9.17) is 9.68 Å². The van der Waals surface area contributed by atoms with Crippen molar-refractivity contribution in [3.8, 4) is 16.9 Å². The van der Waals surface area contributed by atoms with E-state index in [1.165, 1.54) is 0 Å². The quantitative estimate of drug-likeness (QED) is 0.744. The third kappa shape index (κ3) is 3.10. The van der Waals surface area contributed by atoms with E-state index in [1.807, 2.05) is 35.7 Å². The molecule has 2 aromatic carbocycles. The van der Waals surface area contributed by atoms with Crippen molar-refractivity contribution in [2.75, 3.05) is 11.1 Å². The van der Waals surface area contributed by atoms with Crippen LogP contribution in [0.25, 0.3) is 22.6 Å². The summed E-state index contributed by atoms with van der Waals surface area (Å²) >= 11 is 0.900. The van der Waals surface area contributed by atoms with Gasteiger partial charge in [0, 0.05) is 11.3 Å². The van der Waals surface area contributed by atoms with Crippen molar-refractivity contribution in [3.05, 3.63) is 48.5 Å². The molecule has 1 amide bonds. The van der Waals surface area contributed by atoms with Gasteiger partial charge in [-0.15, -0.1) is 0 Å². The number of thiocyanates is 1. The fourth-order valence-electron chi connectivity index (χ4n) is 2.00. The summed E-state index contributed by atoms with van der Waals surface area (Å²) in [7, 11) is 0. The molecule has 0 fully saturated rings. The molecule has 1 N–H and O–H groups in total. The molecule has 22 heavy (non-hydrogen) atoms. The Morgan fingerprint density at radius 2 is 2.09 bits per heavy atom. The molecule has 0 bridgehead atoms. The third-order valence-corrected chi connectivity index (χ3v) is 3.50. The Hall–Kier alpha value is -2.78. The fourth-order valence-corrected chi connectivity index (χ4v) is 2.27. The molecule has 1 aromatic heterocycles. The Bertz CT molecular complexity index is 853. The highest BCUT2D eigenvalue weighted by Gasteiger charge is 2.09. The van der Waals surface area contributed by atoms with Gasteiger partial charge in [-0.1, -0.05) is 18.2 Å². The van der Waals surface area contributed by atoms with Crippen LogP contribution in [0.5, 0.6) is 0 Å². The molecule has 0 aliphatic rings. The van der Waals surface area contributed by atoms with Gasteiger partial charge in [0.15, 0.2) is 5.58 Å². The number of fused-ring (bicyclic) bond motifs is 1. The van der Waals surface area contributed by atoms with Crippen molar-refractivity contribution in [1.29, 1.82) is 5.26 Å². The minimum atomic E-state index is -0.224. The van der Waals surface area contributed by atoms with Crippen molar-refractivity contribution < 1.29 is 9.21 Å². The number of anilines is 1. The predicted octanol–water partition coefficient (Wildman–Crippen LogP) is 3.65. The normalized spacial score (nSPS) is 10.3. The fraction of sp³-hybridized carbons (Fsp3) is 0.0625. The smallest absolute Gasteiger partial charge is 0.235 e. The van der Waals surface area contributed by atoms with Crippen molar-refractivity contribution in [2.45, 2.75) is 0 Å². The number of hydrogen-bond donors (Lipinski definition) is 1. The molecule has 0 saturated carbocycles. The molecule has 0 atom stereocenters. The van der Waals surface area contributed by atoms with Gasteiger partial charge in [-0.2, -0.15) is 5.26 Å². The topological polar surface area (TPSA) is 78.9 Å². The van der Waals surface area contributed by atoms with Gasteiger partial charge >= 0.3 is 0 Å². The maximum absolute atomic E-state index is 11.6. The van der Waals surface area contributed by atoms with E-state index >= 15 is 0 Å². The second-order valence-corrected chi connectivity index (χ2v) is 5.26. The van der Waals surface area contributed by atoms with Crippen LogP contribution < -0.4 is 5.32 Å². The first kappa shape index (κ1) is 14.2. The molecule has 0 spiro atoms. The van der Waals surface area contributed by atoms with Crippen molar-refractivity contribution in [2.24, 2.45) is 0 Å². The molecule has 3 aromatic rings. The average Bonchev–Trinajstić information content (AvgIpc) is 2.97. The van der Waals surface area contributed by atoms with E-state index in [2.05, 4.69) is 10.3 Å². The minimum absolute atomic E-state index is 0.0998. The van der Waals surface area contributed by atoms with Crippen LogP contribution in [0.1, 0.15) is 0 Å². The van der Waals surface area contributed by atoms with E-state index in [-0.39, 0.29) is 11.7 Å². The molecule has 3 rings (SSSR count). The zero-order chi connectivity index (χ0) is 15.4. The van der Waals surface area contributed by atoms with Crippen molar-refractivity contribution >= 4 is 34.5 Å². The first-order valence-corrected chi connectivity index (χ1v) is 7.51. The summed E-state index contributed by atoms with van der Waals surface area (Å²) < 4.78 is 5.71. The van der Waals surface area contributed by atoms with Crippen LogP contribution in [0.15, 0.2) is 52.9 Å². The molecule has 1 heterocycles. The van der Waals surface area contributed by atoms with Crippen LogP contribution in [0, 0.1) is 10.7 Å². The number of nitrogens with zero attached hydrogens (tertiary/aromatic N) is 2. The maximum atomic E-state index is 11.6. The lowest BCUT2D eigenvalue weighted by Crippen LogP contribution is -2.13. The van der Waals surface area contributed by atoms with E-state index in [9.17, 15) is 4.79 Å². The number of amides is 1. The van der Waals surface area contributed by atoms with E-state index in [0.717, 1.165) is 17.3 Å². The van der Waals surface area contributed by atoms with Gasteiger partial charge < -0.3 is 9.73 Å². The SMILES string of the molecule is N#CSCC(=O)Nc1ccc2oc(-c3ccccc3)nc2c1. The van der Waals surface area contributed by atoms with Gasteiger partial charge in [0.05, 0.1) is 5.75 Å². The molecule has 0 saturated heterocycles. The van der Waals surface area contributed by atoms with Crippen LogP contribution in [0.2, 0.25) is 0 Å². The Kier molecular flexibility index (Phi) is 4.08. The molecule has 6 heteroatoms. The monoisotopic (exact) mass is 309 g/mol. The zero-order valence-electron chi connectivity index (χ0n) is 11.4. The molecular weight excluding hydrogens is 298 g/mol. The highest BCUT2D eigenvalue weighted by molar-refractivity contribution is 8.04. The lowest BCUT2D eigenvalue weighted by molar-refractivity contribution is -0.113. The molecule has 0 unspecified atom stereocenters. The van der Waals surface area contributed by atoms with Crippen molar-refractivity contribution in [1.82, 2.24) is 4.98 Å². The Labute approximate surface area is 131 Å². The summed E-state index contributed by atoms with van der Waals surface area (Å²) in [5.41, 5.74) is 2.85. The Balaban J connectivity index is 1.85. The molecule has 0 aliphatic carbocycles. The van der Waals surface area contributed by atoms with Gasteiger partial charge in [0.1, 0.15) is 10.9 Å². The number of thioether (sulfide) groups is 1. The zero-order valence-corrected chi connectivity index (χ0v) is 12.3. The summed E-state index contributed by atoms with van der Waals surface area (Å²) in [5.74, 6) is 0.416. The summed E-state index contributed by atoms with van der Waals surface area (Å²) in [6, 6.07) is 14.9. The van der Waals surface area contributed by atoms with Gasteiger partial charge in [0.2, 0.25) is 11.8 Å². The Morgan fingerprint density at radius 3 is 2.86 bits per heavy atom. The number of oxazole rings is 1. The second kappa shape index (κ2) is 6.33. The number of aromatic nitrogens is 1. The first-order chi connectivity index (χ1) is 10.8. The molecular formula is C16H11N3O2S. The molecule has 0 radical (unpaired) electrons. The summed E-state index contributed by atoms with van der Waals surface area (Å²) in [4.78, 5) is 16.0. The van der Waals surface area contributed by atoms with Crippen LogP contribution in [0.3, 0.4) is 0 Å². The van der Waals surface area contributed by atoms with Crippen LogP contribution >= 0.6 is 11.8 Å². The van der Waals surface area contributed by atoms with Crippen LogP contribution in [-0.2, 0) is 4.79 Å². The van der Waals surface area contributed by atoms with E-state index in [0.29, 0.717) is 22.7 Å². The largest absolute Gasteiger partial charge is 0.436 e. The van der Waals surface area contributed by atoms with E-state index < -0.39 is 0 Å². The minimum Gasteiger partial charge on any atom is -0.436 e. The number of nitrogens with one attached hydrogen (secondary N) is 1. The first-order valence-electron chi connectivity index (χ1n) is 6.53. The van der Waals surface area contributed by atoms with Gasteiger partial charge in [-0.05, 0) is 42.1 Å². The number of rotatable bonds is 4. The Morgan fingerprint density at radius 1 is 1.27 bits per heavy atom. The number of hydrogen-bond acceptors (Lipinski definition) is 5. The van der Waals surface area contributed by atoms with Crippen LogP contribution in [-0.4, -0.2) is 16.6 Å². The predicted molar refractivity (Wildman–Crippen MR) is 86.1 cm³/mol. The molecule has 5 nitrogen and oxygen atoms in total. The highest BCUT2D eigenvalue weighted by atomic mass is 32.2. The highest BCUT2D eigenvalue weighted by Crippen LogP contribution is 2.26. The lowest BCUT2D eigenvalue weighted by Gasteiger charge is -2.02. The summed E-state index contributed by atoms with van der Waals surface area (Å²) in [5, 5.41) is 13.0. The number of nitriles is 1. The van der Waals surface area contributed by atoms with Gasteiger partial charge in [-0.25, -0.2) is 4.98 Å². The van der Waals surface area contributed by atoms with Gasteiger partial charge in [-0.3, -0.25) is 4.79 Å². The summed E-state index contributed by atoms with van der Waals surface area (Å²) in [6.45, 7) is 0. The number of carbonyl (C=O) groups is 1. The van der Waals surface area contributed by atoms with Gasteiger partial charge in [0.25, 0.3) is 0 Å². The number of carbonyl (C=O) groups excluding carboxylic acids is 1.